The van der Waals surface area contributed by atoms with Crippen LogP contribution in [0.25, 0.3) is 0 Å². The first-order valence-electron chi connectivity index (χ1n) is 3.88. The molecule has 2 unspecified atom stereocenters. The first-order valence-corrected chi connectivity index (χ1v) is 5.13. The van der Waals surface area contributed by atoms with Crippen LogP contribution in [-0.4, -0.2) is 16.5 Å². The number of aldehydes is 1. The predicted molar refractivity (Wildman–Crippen MR) is 63.2 cm³/mol. The van der Waals surface area contributed by atoms with Gasteiger partial charge < -0.3 is 0 Å². The molecule has 2 atom stereocenters. The quantitative estimate of drug-likeness (QED) is 0.240. The summed E-state index contributed by atoms with van der Waals surface area (Å²) in [5.41, 5.74) is 1.51. The molecule has 0 aliphatic carbocycles. The number of allylic oxidation sites excluding steroid dienone is 4. The molecule has 0 bridgehead atoms. The van der Waals surface area contributed by atoms with Gasteiger partial charge in [-0.1, -0.05) is 29.8 Å². The minimum atomic E-state index is -0.738. The number of hydrogen-bond donors (Lipinski definition) is 0. The van der Waals surface area contributed by atoms with Gasteiger partial charge in [0.2, 0.25) is 0 Å². The van der Waals surface area contributed by atoms with Gasteiger partial charge in [0.1, 0.15) is 0 Å². The van der Waals surface area contributed by atoms with E-state index in [2.05, 4.69) is 6.58 Å². The summed E-state index contributed by atoms with van der Waals surface area (Å²) < 4.78 is 0. The standard InChI is InChI=1S/C10H11Cl3O/c1-3-10(2,13)9(12)5-4-8(6-11)7-14/h3-7,9H,1H2,2H3/b5-4+,8-6+. The van der Waals surface area contributed by atoms with E-state index in [0.29, 0.717) is 11.9 Å². The molecule has 0 fully saturated rings. The van der Waals surface area contributed by atoms with Gasteiger partial charge in [-0.2, -0.15) is 0 Å². The lowest BCUT2D eigenvalue weighted by atomic mass is 10.1. The maximum atomic E-state index is 10.4. The van der Waals surface area contributed by atoms with Crippen LogP contribution in [0.4, 0.5) is 0 Å². The van der Waals surface area contributed by atoms with E-state index in [-0.39, 0.29) is 0 Å². The normalized spacial score (nSPS) is 19.0. The molecule has 0 saturated heterocycles. The Bertz CT molecular complexity index is 267. The van der Waals surface area contributed by atoms with Gasteiger partial charge in [-0.05, 0) is 6.92 Å². The van der Waals surface area contributed by atoms with Crippen LogP contribution < -0.4 is 0 Å². The Morgan fingerprint density at radius 2 is 2.14 bits per heavy atom. The van der Waals surface area contributed by atoms with E-state index in [9.17, 15) is 4.79 Å². The summed E-state index contributed by atoms with van der Waals surface area (Å²) in [4.78, 5) is 9.63. The van der Waals surface area contributed by atoms with E-state index in [1.165, 1.54) is 11.6 Å². The first kappa shape index (κ1) is 13.8. The second-order valence-electron chi connectivity index (χ2n) is 2.84. The maximum absolute atomic E-state index is 10.4. The van der Waals surface area contributed by atoms with Gasteiger partial charge in [0, 0.05) is 11.1 Å². The van der Waals surface area contributed by atoms with E-state index in [1.807, 2.05) is 0 Å². The Morgan fingerprint density at radius 3 is 2.50 bits per heavy atom. The van der Waals surface area contributed by atoms with Crippen LogP contribution in [0.15, 0.2) is 35.9 Å². The second-order valence-corrected chi connectivity index (χ2v) is 4.35. The highest BCUT2D eigenvalue weighted by Gasteiger charge is 2.24. The Hall–Kier alpha value is -0.240. The largest absolute Gasteiger partial charge is 0.298 e. The third-order valence-electron chi connectivity index (χ3n) is 1.66. The lowest BCUT2D eigenvalue weighted by Gasteiger charge is -2.20. The van der Waals surface area contributed by atoms with Crippen molar-refractivity contribution < 1.29 is 4.79 Å². The smallest absolute Gasteiger partial charge is 0.150 e. The van der Waals surface area contributed by atoms with Crippen LogP contribution in [-0.2, 0) is 4.79 Å². The fourth-order valence-corrected chi connectivity index (χ4v) is 0.956. The van der Waals surface area contributed by atoms with Crippen molar-refractivity contribution in [2.75, 3.05) is 0 Å². The monoisotopic (exact) mass is 252 g/mol. The number of carbonyl (C=O) groups is 1. The zero-order chi connectivity index (χ0) is 11.2. The van der Waals surface area contributed by atoms with Crippen molar-refractivity contribution in [1.82, 2.24) is 0 Å². The third-order valence-corrected chi connectivity index (χ3v) is 3.01. The summed E-state index contributed by atoms with van der Waals surface area (Å²) in [6, 6.07) is 0. The van der Waals surface area contributed by atoms with E-state index < -0.39 is 10.3 Å². The highest BCUT2D eigenvalue weighted by Crippen LogP contribution is 2.26. The highest BCUT2D eigenvalue weighted by molar-refractivity contribution is 6.34. The number of halogens is 3. The SMILES string of the molecule is C=CC(C)(Cl)C(Cl)/C=C/C(C=O)=C\Cl. The van der Waals surface area contributed by atoms with Crippen molar-refractivity contribution in [2.24, 2.45) is 0 Å². The molecule has 0 amide bonds. The zero-order valence-corrected chi connectivity index (χ0v) is 9.98. The highest BCUT2D eigenvalue weighted by atomic mass is 35.5. The fraction of sp³-hybridized carbons (Fsp3) is 0.300. The van der Waals surface area contributed by atoms with E-state index in [4.69, 9.17) is 34.8 Å². The van der Waals surface area contributed by atoms with Gasteiger partial charge in [-0.25, -0.2) is 0 Å². The third kappa shape index (κ3) is 4.32. The molecule has 4 heteroatoms. The van der Waals surface area contributed by atoms with Crippen molar-refractivity contribution in [1.29, 1.82) is 0 Å². The maximum Gasteiger partial charge on any atom is 0.150 e. The van der Waals surface area contributed by atoms with Crippen LogP contribution in [0.3, 0.4) is 0 Å². The van der Waals surface area contributed by atoms with Crippen LogP contribution >= 0.6 is 34.8 Å². The number of hydrogen-bond acceptors (Lipinski definition) is 1. The molecule has 0 saturated carbocycles. The minimum absolute atomic E-state index is 0.342. The molecule has 0 spiro atoms. The van der Waals surface area contributed by atoms with Gasteiger partial charge in [0.15, 0.2) is 6.29 Å². The second kappa shape index (κ2) is 6.28. The Labute approximate surface area is 99.0 Å². The summed E-state index contributed by atoms with van der Waals surface area (Å²) in [6.07, 6.45) is 5.29. The molecule has 1 nitrogen and oxygen atoms in total. The average Bonchev–Trinajstić information content (AvgIpc) is 2.19. The van der Waals surface area contributed by atoms with Gasteiger partial charge in [-0.15, -0.1) is 29.8 Å². The zero-order valence-electron chi connectivity index (χ0n) is 7.71. The molecule has 0 aromatic carbocycles. The Morgan fingerprint density at radius 1 is 1.57 bits per heavy atom. The lowest BCUT2D eigenvalue weighted by Crippen LogP contribution is -2.24. The first-order chi connectivity index (χ1) is 6.47. The van der Waals surface area contributed by atoms with Crippen LogP contribution in [0.1, 0.15) is 6.92 Å². The van der Waals surface area contributed by atoms with E-state index in [0.717, 1.165) is 0 Å². The topological polar surface area (TPSA) is 17.1 Å². The molecule has 0 heterocycles. The van der Waals surface area contributed by atoms with E-state index in [1.54, 1.807) is 19.1 Å². The summed E-state index contributed by atoms with van der Waals surface area (Å²) in [5, 5.41) is -0.451. The average molecular weight is 254 g/mol. The molecule has 0 N–H and O–H groups in total. The molecule has 0 aromatic rings. The van der Waals surface area contributed by atoms with E-state index >= 15 is 0 Å². The molecule has 0 aliphatic heterocycles. The van der Waals surface area contributed by atoms with Crippen molar-refractivity contribution in [3.63, 3.8) is 0 Å². The molecule has 0 aliphatic rings. The van der Waals surface area contributed by atoms with Gasteiger partial charge in [0.25, 0.3) is 0 Å². The van der Waals surface area contributed by atoms with Crippen molar-refractivity contribution in [2.45, 2.75) is 17.2 Å². The Kier molecular flexibility index (Phi) is 6.17. The van der Waals surface area contributed by atoms with Crippen molar-refractivity contribution >= 4 is 41.1 Å². The molecule has 0 radical (unpaired) electrons. The summed E-state index contributed by atoms with van der Waals surface area (Å²) in [6.45, 7) is 5.29. The number of alkyl halides is 2. The van der Waals surface area contributed by atoms with Gasteiger partial charge >= 0.3 is 0 Å². The number of rotatable bonds is 5. The lowest BCUT2D eigenvalue weighted by molar-refractivity contribution is -0.104. The van der Waals surface area contributed by atoms with Crippen LogP contribution in [0.2, 0.25) is 0 Å². The molecular weight excluding hydrogens is 242 g/mol. The van der Waals surface area contributed by atoms with Crippen molar-refractivity contribution in [3.8, 4) is 0 Å². The molecule has 0 rings (SSSR count). The molecule has 0 aromatic heterocycles. The van der Waals surface area contributed by atoms with Gasteiger partial charge in [-0.3, -0.25) is 4.79 Å². The van der Waals surface area contributed by atoms with Crippen molar-refractivity contribution in [3.05, 3.63) is 35.9 Å². The van der Waals surface area contributed by atoms with Gasteiger partial charge in [0.05, 0.1) is 10.3 Å². The van der Waals surface area contributed by atoms with Crippen LogP contribution in [0, 0.1) is 0 Å². The minimum Gasteiger partial charge on any atom is -0.298 e. The Balaban J connectivity index is 4.53. The number of carbonyl (C=O) groups excluding carboxylic acids is 1. The fourth-order valence-electron chi connectivity index (χ4n) is 0.598. The predicted octanol–water partition coefficient (Wildman–Crippen LogP) is 3.66. The summed E-state index contributed by atoms with van der Waals surface area (Å²) in [7, 11) is 0. The van der Waals surface area contributed by atoms with Crippen LogP contribution in [0.5, 0.6) is 0 Å². The molecule has 78 valence electrons. The molecular formula is C10H11Cl3O. The molecule has 14 heavy (non-hydrogen) atoms. The summed E-state index contributed by atoms with van der Waals surface area (Å²) in [5.74, 6) is 0. The summed E-state index contributed by atoms with van der Waals surface area (Å²) >= 11 is 17.3.